The standard InChI is InChI=1S/C54H40N4/c1-3-10-35(11-4-1)45-27-40(28-46-44-16-7-8-17-47(44)54(49(45)46)43-30-41-29-42-31-48(54)53(41,42)32-43)33-18-20-37(21-19-33)51-56-50(36-12-5-2-6-13-36)57-52(58-51)39-15-9-14-38(26-39)34-22-24-55-25-23-34/h1-28,41-43,48H,29-32H2. The summed E-state index contributed by atoms with van der Waals surface area (Å²) in [5, 5.41) is 0. The Bertz CT molecular complexity index is 2930. The van der Waals surface area contributed by atoms with Gasteiger partial charge in [-0.1, -0.05) is 127 Å². The van der Waals surface area contributed by atoms with E-state index >= 15 is 0 Å². The highest BCUT2D eigenvalue weighted by atomic mass is 15.0. The van der Waals surface area contributed by atoms with Gasteiger partial charge in [-0.05, 0) is 141 Å². The van der Waals surface area contributed by atoms with Crippen molar-refractivity contribution in [3.63, 3.8) is 0 Å². The van der Waals surface area contributed by atoms with Gasteiger partial charge in [-0.3, -0.25) is 4.98 Å². The minimum Gasteiger partial charge on any atom is -0.265 e. The van der Waals surface area contributed by atoms with Gasteiger partial charge in [0.1, 0.15) is 0 Å². The van der Waals surface area contributed by atoms with Crippen LogP contribution in [-0.4, -0.2) is 19.9 Å². The summed E-state index contributed by atoms with van der Waals surface area (Å²) < 4.78 is 0. The molecule has 276 valence electrons. The van der Waals surface area contributed by atoms with Crippen LogP contribution in [0.3, 0.4) is 0 Å². The molecule has 4 saturated carbocycles. The van der Waals surface area contributed by atoms with Gasteiger partial charge in [0.15, 0.2) is 17.5 Å². The number of hydrogen-bond donors (Lipinski definition) is 0. The molecule has 2 spiro atoms. The number of pyridine rings is 1. The molecule has 2 bridgehead atoms. The summed E-state index contributed by atoms with van der Waals surface area (Å²) in [6, 6.07) is 57.3. The van der Waals surface area contributed by atoms with E-state index in [2.05, 4.69) is 132 Å². The fourth-order valence-corrected chi connectivity index (χ4v) is 12.9. The first-order chi connectivity index (χ1) is 28.7. The van der Waals surface area contributed by atoms with Gasteiger partial charge < -0.3 is 0 Å². The van der Waals surface area contributed by atoms with E-state index < -0.39 is 0 Å². The molecule has 0 aliphatic heterocycles. The van der Waals surface area contributed by atoms with Crippen molar-refractivity contribution in [3.8, 4) is 78.7 Å². The smallest absolute Gasteiger partial charge is 0.164 e. The number of nitrogens with zero attached hydrogens (tertiary/aromatic N) is 4. The van der Waals surface area contributed by atoms with Crippen molar-refractivity contribution in [2.24, 2.45) is 29.1 Å². The third kappa shape index (κ3) is 4.35. The molecule has 8 aromatic rings. The Morgan fingerprint density at radius 3 is 1.71 bits per heavy atom. The Labute approximate surface area is 338 Å². The Hall–Kier alpha value is -6.52. The van der Waals surface area contributed by atoms with Crippen molar-refractivity contribution in [3.05, 3.63) is 181 Å². The third-order valence-corrected chi connectivity index (χ3v) is 15.2. The highest BCUT2D eigenvalue weighted by Crippen LogP contribution is 2.88. The lowest BCUT2D eigenvalue weighted by molar-refractivity contribution is -0.193. The second kappa shape index (κ2) is 12.0. The normalized spacial score (nSPS) is 25.1. The highest BCUT2D eigenvalue weighted by molar-refractivity contribution is 5.93. The van der Waals surface area contributed by atoms with Crippen LogP contribution >= 0.6 is 0 Å². The molecule has 2 aromatic heterocycles. The van der Waals surface area contributed by atoms with E-state index in [1.807, 2.05) is 42.7 Å². The van der Waals surface area contributed by atoms with E-state index in [1.165, 1.54) is 59.1 Å². The molecule has 6 aromatic carbocycles. The molecule has 6 atom stereocenters. The van der Waals surface area contributed by atoms with Gasteiger partial charge in [0.2, 0.25) is 0 Å². The largest absolute Gasteiger partial charge is 0.265 e. The summed E-state index contributed by atoms with van der Waals surface area (Å²) >= 11 is 0. The van der Waals surface area contributed by atoms with Crippen LogP contribution < -0.4 is 0 Å². The summed E-state index contributed by atoms with van der Waals surface area (Å²) in [6.07, 6.45) is 9.36. The molecule has 5 aliphatic carbocycles. The van der Waals surface area contributed by atoms with E-state index in [0.717, 1.165) is 51.5 Å². The van der Waals surface area contributed by atoms with Gasteiger partial charge in [0, 0.05) is 34.5 Å². The molecular weight excluding hydrogens is 705 g/mol. The van der Waals surface area contributed by atoms with Crippen LogP contribution in [0.2, 0.25) is 0 Å². The predicted octanol–water partition coefficient (Wildman–Crippen LogP) is 12.6. The lowest BCUT2D eigenvalue weighted by Gasteiger charge is -2.70. The number of aromatic nitrogens is 4. The van der Waals surface area contributed by atoms with E-state index in [0.29, 0.717) is 22.9 Å². The Morgan fingerprint density at radius 1 is 0.397 bits per heavy atom. The fraction of sp³-hybridized carbons (Fsp3) is 0.185. The Balaban J connectivity index is 0.938. The van der Waals surface area contributed by atoms with E-state index in [4.69, 9.17) is 15.0 Å². The van der Waals surface area contributed by atoms with E-state index in [1.54, 1.807) is 11.1 Å². The van der Waals surface area contributed by atoms with Crippen LogP contribution in [-0.2, 0) is 5.41 Å². The van der Waals surface area contributed by atoms with Gasteiger partial charge in [-0.25, -0.2) is 15.0 Å². The summed E-state index contributed by atoms with van der Waals surface area (Å²) in [5.41, 5.74) is 17.1. The molecule has 13 rings (SSSR count). The molecule has 0 amide bonds. The average molecular weight is 745 g/mol. The monoisotopic (exact) mass is 744 g/mol. The molecular formula is C54H40N4. The molecule has 0 N–H and O–H groups in total. The lowest BCUT2D eigenvalue weighted by Crippen LogP contribution is -2.65. The zero-order valence-electron chi connectivity index (χ0n) is 32.1. The molecule has 0 saturated heterocycles. The Kier molecular flexibility index (Phi) is 6.74. The first kappa shape index (κ1) is 32.6. The highest BCUT2D eigenvalue weighted by Gasteiger charge is 2.82. The summed E-state index contributed by atoms with van der Waals surface area (Å²) in [4.78, 5) is 19.4. The van der Waals surface area contributed by atoms with Crippen LogP contribution in [0.15, 0.2) is 170 Å². The summed E-state index contributed by atoms with van der Waals surface area (Å²) in [6.45, 7) is 0. The van der Waals surface area contributed by atoms with Gasteiger partial charge in [0.05, 0.1) is 0 Å². The summed E-state index contributed by atoms with van der Waals surface area (Å²) in [7, 11) is 0. The fourth-order valence-electron chi connectivity index (χ4n) is 12.9. The van der Waals surface area contributed by atoms with Gasteiger partial charge >= 0.3 is 0 Å². The predicted molar refractivity (Wildman–Crippen MR) is 231 cm³/mol. The second-order valence-corrected chi connectivity index (χ2v) is 17.5. The number of fused-ring (bicyclic) bond motifs is 8. The van der Waals surface area contributed by atoms with Crippen molar-refractivity contribution >= 4 is 0 Å². The molecule has 58 heavy (non-hydrogen) atoms. The van der Waals surface area contributed by atoms with Gasteiger partial charge in [-0.2, -0.15) is 0 Å². The van der Waals surface area contributed by atoms with Crippen LogP contribution in [0.5, 0.6) is 0 Å². The molecule has 4 fully saturated rings. The number of hydrogen-bond acceptors (Lipinski definition) is 4. The van der Waals surface area contributed by atoms with Crippen molar-refractivity contribution in [2.45, 2.75) is 31.1 Å². The maximum Gasteiger partial charge on any atom is 0.164 e. The summed E-state index contributed by atoms with van der Waals surface area (Å²) in [5.74, 6) is 5.38. The van der Waals surface area contributed by atoms with Gasteiger partial charge in [-0.15, -0.1) is 0 Å². The number of rotatable bonds is 6. The average Bonchev–Trinajstić information content (AvgIpc) is 3.90. The van der Waals surface area contributed by atoms with Crippen molar-refractivity contribution in [1.29, 1.82) is 0 Å². The molecule has 2 heterocycles. The molecule has 5 aliphatic rings. The zero-order chi connectivity index (χ0) is 38.0. The Morgan fingerprint density at radius 2 is 0.966 bits per heavy atom. The van der Waals surface area contributed by atoms with E-state index in [-0.39, 0.29) is 5.41 Å². The van der Waals surface area contributed by atoms with Crippen LogP contribution in [0.1, 0.15) is 36.8 Å². The second-order valence-electron chi connectivity index (χ2n) is 17.5. The molecule has 4 nitrogen and oxygen atoms in total. The van der Waals surface area contributed by atoms with Crippen LogP contribution in [0.4, 0.5) is 0 Å². The van der Waals surface area contributed by atoms with Crippen LogP contribution in [0.25, 0.3) is 78.7 Å². The minimum atomic E-state index is 0.123. The maximum absolute atomic E-state index is 5.11. The lowest BCUT2D eigenvalue weighted by atomic mass is 9.34. The van der Waals surface area contributed by atoms with Crippen molar-refractivity contribution < 1.29 is 0 Å². The maximum atomic E-state index is 5.11. The first-order valence-corrected chi connectivity index (χ1v) is 21.0. The molecule has 6 unspecified atom stereocenters. The topological polar surface area (TPSA) is 51.6 Å². The van der Waals surface area contributed by atoms with Crippen molar-refractivity contribution in [2.75, 3.05) is 0 Å². The van der Waals surface area contributed by atoms with E-state index in [9.17, 15) is 0 Å². The third-order valence-electron chi connectivity index (χ3n) is 15.2. The quantitative estimate of drug-likeness (QED) is 0.170. The molecule has 0 radical (unpaired) electrons. The van der Waals surface area contributed by atoms with Gasteiger partial charge in [0.25, 0.3) is 0 Å². The minimum absolute atomic E-state index is 0.123. The zero-order valence-corrected chi connectivity index (χ0v) is 32.1. The number of benzene rings is 6. The molecule has 4 heteroatoms. The van der Waals surface area contributed by atoms with Crippen LogP contribution in [0, 0.1) is 29.1 Å². The van der Waals surface area contributed by atoms with Crippen molar-refractivity contribution in [1.82, 2.24) is 19.9 Å². The first-order valence-electron chi connectivity index (χ1n) is 21.0. The SMILES string of the molecule is c1ccc(-c2nc(-c3ccc(-c4cc(-c5ccccc5)c5c(c4)-c4ccccc4C54C5CC6CC7CC4C67C5)cc3)nc(-c3cccc(-c4ccncc4)c3)n2)cc1.